The van der Waals surface area contributed by atoms with Crippen LogP contribution in [0, 0.1) is 5.92 Å². The second-order valence-electron chi connectivity index (χ2n) is 8.81. The van der Waals surface area contributed by atoms with Crippen LogP contribution in [0.4, 0.5) is 0 Å². The van der Waals surface area contributed by atoms with Crippen LogP contribution in [-0.2, 0) is 9.53 Å². The molecule has 0 radical (unpaired) electrons. The van der Waals surface area contributed by atoms with Crippen molar-refractivity contribution in [3.8, 4) is 0 Å². The van der Waals surface area contributed by atoms with Crippen molar-refractivity contribution in [2.45, 2.75) is 143 Å². The normalized spacial score (nSPS) is 11.3. The number of ether oxygens (including phenoxy) is 1. The van der Waals surface area contributed by atoms with Gasteiger partial charge in [-0.25, -0.2) is 0 Å². The maximum absolute atomic E-state index is 11.7. The number of esters is 1. The van der Waals surface area contributed by atoms with E-state index >= 15 is 0 Å². The van der Waals surface area contributed by atoms with E-state index in [1.165, 1.54) is 103 Å². The van der Waals surface area contributed by atoms with E-state index < -0.39 is 0 Å². The summed E-state index contributed by atoms with van der Waals surface area (Å²) in [6.45, 7) is 7.48. The third-order valence-electron chi connectivity index (χ3n) is 5.42. The predicted molar refractivity (Wildman–Crippen MR) is 119 cm³/mol. The van der Waals surface area contributed by atoms with Gasteiger partial charge in [0, 0.05) is 6.42 Å². The summed E-state index contributed by atoms with van der Waals surface area (Å²) in [5.41, 5.74) is 0. The SMILES string of the molecule is CCCCCCCCCCCCCCC(=O)OCCCCCCCC(C)C. The maximum atomic E-state index is 11.7. The lowest BCUT2D eigenvalue weighted by Gasteiger charge is -2.06. The van der Waals surface area contributed by atoms with Gasteiger partial charge in [-0.2, -0.15) is 0 Å². The molecule has 0 heterocycles. The molecule has 0 rings (SSSR count). The molecule has 0 unspecified atom stereocenters. The first-order chi connectivity index (χ1) is 13.2. The highest BCUT2D eigenvalue weighted by molar-refractivity contribution is 5.69. The zero-order valence-corrected chi connectivity index (χ0v) is 19.0. The van der Waals surface area contributed by atoms with Crippen molar-refractivity contribution in [1.29, 1.82) is 0 Å². The minimum absolute atomic E-state index is 0.0156. The van der Waals surface area contributed by atoms with Gasteiger partial charge < -0.3 is 4.74 Å². The molecule has 0 aliphatic heterocycles. The molecule has 0 atom stereocenters. The van der Waals surface area contributed by atoms with Crippen molar-refractivity contribution in [2.75, 3.05) is 6.61 Å². The Hall–Kier alpha value is -0.530. The number of hydrogen-bond acceptors (Lipinski definition) is 2. The highest BCUT2D eigenvalue weighted by Crippen LogP contribution is 2.13. The fraction of sp³-hybridized carbons (Fsp3) is 0.960. The standard InChI is InChI=1S/C25H50O2/c1-4-5-6-7-8-9-10-11-12-13-16-19-22-25(26)27-23-20-17-14-15-18-21-24(2)3/h24H,4-23H2,1-3H3. The monoisotopic (exact) mass is 382 g/mol. The molecule has 2 nitrogen and oxygen atoms in total. The van der Waals surface area contributed by atoms with Crippen LogP contribution in [0.2, 0.25) is 0 Å². The third-order valence-corrected chi connectivity index (χ3v) is 5.42. The van der Waals surface area contributed by atoms with Gasteiger partial charge in [0.1, 0.15) is 0 Å². The van der Waals surface area contributed by atoms with Crippen LogP contribution < -0.4 is 0 Å². The van der Waals surface area contributed by atoms with Gasteiger partial charge in [0.05, 0.1) is 6.61 Å². The largest absolute Gasteiger partial charge is 0.466 e. The van der Waals surface area contributed by atoms with Crippen LogP contribution in [-0.4, -0.2) is 12.6 Å². The van der Waals surface area contributed by atoms with Gasteiger partial charge in [-0.3, -0.25) is 4.79 Å². The molecule has 0 N–H and O–H groups in total. The van der Waals surface area contributed by atoms with Gasteiger partial charge in [-0.05, 0) is 18.8 Å². The number of carbonyl (C=O) groups excluding carboxylic acids is 1. The first-order valence-electron chi connectivity index (χ1n) is 12.3. The summed E-state index contributed by atoms with van der Waals surface area (Å²) in [7, 11) is 0. The summed E-state index contributed by atoms with van der Waals surface area (Å²) < 4.78 is 5.35. The van der Waals surface area contributed by atoms with E-state index in [2.05, 4.69) is 20.8 Å². The molecule has 0 amide bonds. The van der Waals surface area contributed by atoms with Crippen molar-refractivity contribution < 1.29 is 9.53 Å². The number of hydrogen-bond donors (Lipinski definition) is 0. The predicted octanol–water partition coefficient (Wildman–Crippen LogP) is 8.62. The Morgan fingerprint density at radius 1 is 0.630 bits per heavy atom. The Labute approximate surface area is 171 Å². The number of rotatable bonds is 21. The van der Waals surface area contributed by atoms with Crippen LogP contribution in [0.25, 0.3) is 0 Å². The molecule has 0 aromatic rings. The Bertz CT molecular complexity index is 299. The van der Waals surface area contributed by atoms with Crippen molar-refractivity contribution in [1.82, 2.24) is 0 Å². The smallest absolute Gasteiger partial charge is 0.305 e. The van der Waals surface area contributed by atoms with E-state index in [0.29, 0.717) is 13.0 Å². The molecule has 0 aromatic heterocycles. The van der Waals surface area contributed by atoms with Gasteiger partial charge in [0.25, 0.3) is 0 Å². The Balaban J connectivity index is 3.15. The molecule has 0 spiro atoms. The molecule has 0 aliphatic carbocycles. The molecule has 0 saturated heterocycles. The Morgan fingerprint density at radius 2 is 1.07 bits per heavy atom. The first kappa shape index (κ1) is 26.5. The number of carbonyl (C=O) groups is 1. The van der Waals surface area contributed by atoms with E-state index in [-0.39, 0.29) is 5.97 Å². The zero-order chi connectivity index (χ0) is 20.0. The van der Waals surface area contributed by atoms with Crippen LogP contribution >= 0.6 is 0 Å². The molecular formula is C25H50O2. The second-order valence-corrected chi connectivity index (χ2v) is 8.81. The maximum Gasteiger partial charge on any atom is 0.305 e. The van der Waals surface area contributed by atoms with Crippen molar-refractivity contribution in [3.63, 3.8) is 0 Å². The molecule has 162 valence electrons. The van der Waals surface area contributed by atoms with E-state index in [1.807, 2.05) is 0 Å². The Morgan fingerprint density at radius 3 is 1.59 bits per heavy atom. The van der Waals surface area contributed by atoms with Crippen molar-refractivity contribution >= 4 is 5.97 Å². The average Bonchev–Trinajstić information content (AvgIpc) is 2.64. The van der Waals surface area contributed by atoms with Crippen LogP contribution in [0.3, 0.4) is 0 Å². The fourth-order valence-corrected chi connectivity index (χ4v) is 3.55. The van der Waals surface area contributed by atoms with E-state index in [1.54, 1.807) is 0 Å². The second kappa shape index (κ2) is 21.8. The number of unbranched alkanes of at least 4 members (excludes halogenated alkanes) is 15. The molecule has 2 heteroatoms. The quantitative estimate of drug-likeness (QED) is 0.147. The minimum atomic E-state index is 0.0156. The Kier molecular flexibility index (Phi) is 21.3. The lowest BCUT2D eigenvalue weighted by molar-refractivity contribution is -0.143. The summed E-state index contributed by atoms with van der Waals surface area (Å²) in [6, 6.07) is 0. The van der Waals surface area contributed by atoms with Crippen LogP contribution in [0.1, 0.15) is 143 Å². The summed E-state index contributed by atoms with van der Waals surface area (Å²) in [6.07, 6.45) is 24.1. The molecule has 0 fully saturated rings. The average molecular weight is 383 g/mol. The molecule has 27 heavy (non-hydrogen) atoms. The van der Waals surface area contributed by atoms with Gasteiger partial charge in [0.15, 0.2) is 0 Å². The van der Waals surface area contributed by atoms with Crippen LogP contribution in [0.5, 0.6) is 0 Å². The third kappa shape index (κ3) is 23.4. The zero-order valence-electron chi connectivity index (χ0n) is 19.0. The summed E-state index contributed by atoms with van der Waals surface area (Å²) in [4.78, 5) is 11.7. The van der Waals surface area contributed by atoms with Crippen molar-refractivity contribution in [3.05, 3.63) is 0 Å². The fourth-order valence-electron chi connectivity index (χ4n) is 3.55. The van der Waals surface area contributed by atoms with Crippen LogP contribution in [0.15, 0.2) is 0 Å². The molecule has 0 bridgehead atoms. The van der Waals surface area contributed by atoms with Gasteiger partial charge in [-0.1, -0.05) is 124 Å². The first-order valence-corrected chi connectivity index (χ1v) is 12.3. The van der Waals surface area contributed by atoms with Gasteiger partial charge in [0.2, 0.25) is 0 Å². The van der Waals surface area contributed by atoms with Gasteiger partial charge >= 0.3 is 5.97 Å². The molecule has 0 aliphatic rings. The van der Waals surface area contributed by atoms with Gasteiger partial charge in [-0.15, -0.1) is 0 Å². The molecule has 0 saturated carbocycles. The van der Waals surface area contributed by atoms with Crippen molar-refractivity contribution in [2.24, 2.45) is 5.92 Å². The molecule has 0 aromatic carbocycles. The summed E-state index contributed by atoms with van der Waals surface area (Å²) >= 11 is 0. The van der Waals surface area contributed by atoms with E-state index in [0.717, 1.165) is 18.8 Å². The van der Waals surface area contributed by atoms with E-state index in [9.17, 15) is 4.79 Å². The lowest BCUT2D eigenvalue weighted by atomic mass is 10.0. The lowest BCUT2D eigenvalue weighted by Crippen LogP contribution is -2.05. The topological polar surface area (TPSA) is 26.3 Å². The minimum Gasteiger partial charge on any atom is -0.466 e. The van der Waals surface area contributed by atoms with E-state index in [4.69, 9.17) is 4.74 Å². The summed E-state index contributed by atoms with van der Waals surface area (Å²) in [5, 5.41) is 0. The summed E-state index contributed by atoms with van der Waals surface area (Å²) in [5.74, 6) is 0.841. The molecular weight excluding hydrogens is 332 g/mol. The highest BCUT2D eigenvalue weighted by atomic mass is 16.5. The highest BCUT2D eigenvalue weighted by Gasteiger charge is 2.02.